The number of fused-ring (bicyclic) bond motifs is 1. The molecule has 0 radical (unpaired) electrons. The van der Waals surface area contributed by atoms with Crippen LogP contribution in [0.4, 0.5) is 0 Å². The largest absolute Gasteiger partial charge is 0.311 e. The van der Waals surface area contributed by atoms with Crippen molar-refractivity contribution in [1.82, 2.24) is 9.62 Å². The molecule has 8 heteroatoms. The van der Waals surface area contributed by atoms with Gasteiger partial charge in [0.25, 0.3) is 0 Å². The summed E-state index contributed by atoms with van der Waals surface area (Å²) < 4.78 is 23.9. The van der Waals surface area contributed by atoms with Gasteiger partial charge in [-0.3, -0.25) is 4.79 Å². The van der Waals surface area contributed by atoms with Crippen LogP contribution in [0.3, 0.4) is 0 Å². The molecule has 2 fully saturated rings. The Kier molecular flexibility index (Phi) is 5.26. The zero-order valence-electron chi connectivity index (χ0n) is 8.98. The molecule has 0 aromatic rings. The fourth-order valence-electron chi connectivity index (χ4n) is 2.41. The number of rotatable bonds is 1. The first kappa shape index (κ1) is 14.9. The van der Waals surface area contributed by atoms with Gasteiger partial charge in [-0.2, -0.15) is 0 Å². The summed E-state index contributed by atoms with van der Waals surface area (Å²) in [5.41, 5.74) is 0. The molecule has 0 saturated carbocycles. The summed E-state index contributed by atoms with van der Waals surface area (Å²) in [5, 5.41) is 3.17. The maximum Gasteiger partial charge on any atom is 0.240 e. The lowest BCUT2D eigenvalue weighted by atomic mass is 10.0. The van der Waals surface area contributed by atoms with Gasteiger partial charge >= 0.3 is 0 Å². The van der Waals surface area contributed by atoms with Crippen molar-refractivity contribution in [3.05, 3.63) is 0 Å². The van der Waals surface area contributed by atoms with E-state index in [4.69, 9.17) is 0 Å². The standard InChI is InChI=1S/C8H14N2O3S.I2/c1-5-7-6(3-4-9-7)10(8(5)11)14(2,12)13;1-2/h5-7,9H,3-4H2,1-2H3;/t5-,6?,7-;/m0./s1. The van der Waals surface area contributed by atoms with Gasteiger partial charge in [-0.05, 0) is 13.0 Å². The zero-order chi connectivity index (χ0) is 12.5. The van der Waals surface area contributed by atoms with Gasteiger partial charge in [0.1, 0.15) is 0 Å². The summed E-state index contributed by atoms with van der Waals surface area (Å²) in [6.07, 6.45) is 1.83. The molecule has 0 aromatic heterocycles. The van der Waals surface area contributed by atoms with Crippen molar-refractivity contribution in [3.8, 4) is 0 Å². The third-order valence-electron chi connectivity index (χ3n) is 3.04. The van der Waals surface area contributed by atoms with Crippen LogP contribution in [0, 0.1) is 5.92 Å². The average Bonchev–Trinajstić information content (AvgIpc) is 2.73. The van der Waals surface area contributed by atoms with E-state index in [0.717, 1.165) is 23.5 Å². The van der Waals surface area contributed by atoms with Crippen molar-refractivity contribution in [3.63, 3.8) is 0 Å². The Bertz CT molecular complexity index is 373. The molecule has 2 aliphatic rings. The molecule has 2 rings (SSSR count). The molecule has 1 unspecified atom stereocenters. The minimum atomic E-state index is -3.40. The molecule has 2 heterocycles. The molecule has 0 aromatic carbocycles. The van der Waals surface area contributed by atoms with E-state index >= 15 is 0 Å². The third kappa shape index (κ3) is 2.64. The Hall–Kier alpha value is 0.840. The summed E-state index contributed by atoms with van der Waals surface area (Å²) in [5.74, 6) is -0.494. The van der Waals surface area contributed by atoms with Gasteiger partial charge in [0.05, 0.1) is 18.2 Å². The van der Waals surface area contributed by atoms with Crippen LogP contribution in [-0.2, 0) is 14.8 Å². The second-order valence-electron chi connectivity index (χ2n) is 4.02. The number of hydrogen-bond donors (Lipinski definition) is 1. The summed E-state index contributed by atoms with van der Waals surface area (Å²) in [4.78, 5) is 11.7. The van der Waals surface area contributed by atoms with E-state index in [9.17, 15) is 13.2 Å². The molecule has 1 amide bonds. The molecule has 2 saturated heterocycles. The number of halogens is 2. The molecule has 5 nitrogen and oxygen atoms in total. The van der Waals surface area contributed by atoms with E-state index < -0.39 is 10.0 Å². The highest BCUT2D eigenvalue weighted by Crippen LogP contribution is 2.32. The molecule has 0 bridgehead atoms. The minimum Gasteiger partial charge on any atom is -0.311 e. The van der Waals surface area contributed by atoms with Gasteiger partial charge in [0.2, 0.25) is 15.9 Å². The quantitative estimate of drug-likeness (QED) is 0.578. The monoisotopic (exact) mass is 472 g/mol. The fraction of sp³-hybridized carbons (Fsp3) is 0.875. The van der Waals surface area contributed by atoms with Gasteiger partial charge in [0, 0.05) is 43.3 Å². The van der Waals surface area contributed by atoms with Crippen LogP contribution in [-0.4, -0.2) is 43.5 Å². The van der Waals surface area contributed by atoms with Crippen molar-refractivity contribution >= 4 is 53.2 Å². The van der Waals surface area contributed by atoms with Gasteiger partial charge < -0.3 is 5.32 Å². The molecule has 1 N–H and O–H groups in total. The first-order valence-electron chi connectivity index (χ1n) is 4.84. The second kappa shape index (κ2) is 5.65. The van der Waals surface area contributed by atoms with Crippen LogP contribution in [0.1, 0.15) is 13.3 Å². The lowest BCUT2D eigenvalue weighted by molar-refractivity contribution is -0.127. The highest BCUT2D eigenvalue weighted by molar-refractivity contribution is 15.0. The second-order valence-corrected chi connectivity index (χ2v) is 5.88. The lowest BCUT2D eigenvalue weighted by Crippen LogP contribution is -2.39. The molecule has 0 spiro atoms. The smallest absolute Gasteiger partial charge is 0.240 e. The number of carbonyl (C=O) groups is 1. The maximum absolute atomic E-state index is 11.7. The van der Waals surface area contributed by atoms with E-state index in [1.165, 1.54) is 0 Å². The van der Waals surface area contributed by atoms with Crippen molar-refractivity contribution in [2.45, 2.75) is 25.4 Å². The molecular weight excluding hydrogens is 458 g/mol. The predicted octanol–water partition coefficient (Wildman–Crippen LogP) is 0.926. The highest BCUT2D eigenvalue weighted by atomic mass is 128. The highest BCUT2D eigenvalue weighted by Gasteiger charge is 2.51. The zero-order valence-corrected chi connectivity index (χ0v) is 14.1. The summed E-state index contributed by atoms with van der Waals surface area (Å²) in [6.45, 7) is 2.57. The number of hydrogen-bond acceptors (Lipinski definition) is 4. The normalized spacial score (nSPS) is 33.4. The Morgan fingerprint density at radius 1 is 1.44 bits per heavy atom. The molecule has 2 aliphatic heterocycles. The van der Waals surface area contributed by atoms with Crippen molar-refractivity contribution in [2.75, 3.05) is 12.8 Å². The van der Waals surface area contributed by atoms with Crippen LogP contribution < -0.4 is 5.32 Å². The first-order valence-corrected chi connectivity index (χ1v) is 13.0. The van der Waals surface area contributed by atoms with Crippen LogP contribution in [0.5, 0.6) is 0 Å². The summed E-state index contributed by atoms with van der Waals surface area (Å²) in [6, 6.07) is -0.148. The van der Waals surface area contributed by atoms with Crippen molar-refractivity contribution in [1.29, 1.82) is 0 Å². The molecular formula is C8H14I2N2O3S. The number of carbonyl (C=O) groups excluding carboxylic acids is 1. The Balaban J connectivity index is 0.000000606. The number of nitrogens with zero attached hydrogens (tertiary/aromatic N) is 1. The molecule has 0 aliphatic carbocycles. The van der Waals surface area contributed by atoms with E-state index in [-0.39, 0.29) is 23.9 Å². The van der Waals surface area contributed by atoms with Gasteiger partial charge in [-0.15, -0.1) is 0 Å². The van der Waals surface area contributed by atoms with Crippen LogP contribution in [0.2, 0.25) is 0 Å². The fourth-order valence-corrected chi connectivity index (χ4v) is 3.64. The van der Waals surface area contributed by atoms with Gasteiger partial charge in [0.15, 0.2) is 0 Å². The molecule has 3 atom stereocenters. The maximum atomic E-state index is 11.7. The van der Waals surface area contributed by atoms with Crippen molar-refractivity contribution in [2.24, 2.45) is 5.92 Å². The molecule has 94 valence electrons. The van der Waals surface area contributed by atoms with Crippen molar-refractivity contribution < 1.29 is 13.2 Å². The average molecular weight is 472 g/mol. The summed E-state index contributed by atoms with van der Waals surface area (Å²) in [7, 11) is -3.40. The third-order valence-corrected chi connectivity index (χ3v) is 4.20. The van der Waals surface area contributed by atoms with E-state index in [1.54, 1.807) is 6.92 Å². The van der Waals surface area contributed by atoms with E-state index in [2.05, 4.69) is 42.5 Å². The van der Waals surface area contributed by atoms with Crippen LogP contribution in [0.25, 0.3) is 0 Å². The number of amides is 1. The Labute approximate surface area is 119 Å². The topological polar surface area (TPSA) is 66.5 Å². The Morgan fingerprint density at radius 3 is 2.50 bits per heavy atom. The molecule has 16 heavy (non-hydrogen) atoms. The van der Waals surface area contributed by atoms with E-state index in [1.807, 2.05) is 0 Å². The van der Waals surface area contributed by atoms with Gasteiger partial charge in [-0.1, -0.05) is 6.92 Å². The van der Waals surface area contributed by atoms with E-state index in [0.29, 0.717) is 0 Å². The first-order chi connectivity index (χ1) is 7.43. The van der Waals surface area contributed by atoms with Gasteiger partial charge in [-0.25, -0.2) is 12.7 Å². The Morgan fingerprint density at radius 2 is 2.00 bits per heavy atom. The number of nitrogens with one attached hydrogen (secondary N) is 1. The summed E-state index contributed by atoms with van der Waals surface area (Å²) >= 11 is 4.24. The lowest BCUT2D eigenvalue weighted by Gasteiger charge is -2.20. The SMILES string of the molecule is C[C@@H]1C(=O)N(S(C)(=O)=O)C2CCN[C@H]21.II. The number of sulfonamides is 1. The van der Waals surface area contributed by atoms with Crippen LogP contribution >= 0.6 is 37.2 Å². The minimum absolute atomic E-state index is 0.0113. The predicted molar refractivity (Wildman–Crippen MR) is 79.1 cm³/mol. The van der Waals surface area contributed by atoms with Crippen LogP contribution in [0.15, 0.2) is 0 Å².